The molecule has 2 N–H and O–H groups in total. The van der Waals surface area contributed by atoms with E-state index in [1.54, 1.807) is 0 Å². The fourth-order valence-electron chi connectivity index (χ4n) is 3.68. The number of thioether (sulfide) groups is 1. The second kappa shape index (κ2) is 6.37. The van der Waals surface area contributed by atoms with Crippen LogP contribution in [0, 0.1) is 0 Å². The molecule has 0 radical (unpaired) electrons. The van der Waals surface area contributed by atoms with Crippen LogP contribution in [-0.4, -0.2) is 54.2 Å². The van der Waals surface area contributed by atoms with Gasteiger partial charge in [0.1, 0.15) is 0 Å². The third kappa shape index (κ3) is 2.79. The van der Waals surface area contributed by atoms with Crippen molar-refractivity contribution >= 4 is 29.1 Å². The molecule has 2 saturated heterocycles. The van der Waals surface area contributed by atoms with Gasteiger partial charge >= 0.3 is 0 Å². The Morgan fingerprint density at radius 2 is 2.00 bits per heavy atom. The summed E-state index contributed by atoms with van der Waals surface area (Å²) in [5.41, 5.74) is 7.54. The lowest BCUT2D eigenvalue weighted by atomic mass is 9.89. The Kier molecular flexibility index (Phi) is 4.69. The summed E-state index contributed by atoms with van der Waals surface area (Å²) in [6.45, 7) is 7.32. The van der Waals surface area contributed by atoms with E-state index in [0.717, 1.165) is 43.4 Å². The van der Waals surface area contributed by atoms with Crippen molar-refractivity contribution in [2.24, 2.45) is 5.73 Å². The van der Waals surface area contributed by atoms with Crippen molar-refractivity contribution in [2.75, 3.05) is 43.4 Å². The van der Waals surface area contributed by atoms with Crippen molar-refractivity contribution in [1.29, 1.82) is 0 Å². The zero-order valence-corrected chi connectivity index (χ0v) is 14.2. The van der Waals surface area contributed by atoms with Crippen LogP contribution in [0.4, 0.5) is 5.69 Å². The van der Waals surface area contributed by atoms with Crippen molar-refractivity contribution in [3.8, 4) is 0 Å². The first-order valence-electron chi connectivity index (χ1n) is 7.73. The summed E-state index contributed by atoms with van der Waals surface area (Å²) >= 11 is 8.39. The molecular formula is C16H24ClN3S. The van der Waals surface area contributed by atoms with Gasteiger partial charge in [-0.15, -0.1) is 0 Å². The first-order chi connectivity index (χ1) is 10.2. The third-order valence-electron chi connectivity index (χ3n) is 5.12. The highest BCUT2D eigenvalue weighted by Crippen LogP contribution is 2.40. The summed E-state index contributed by atoms with van der Waals surface area (Å²) in [7, 11) is 0. The first-order valence-corrected chi connectivity index (χ1v) is 9.16. The minimum Gasteiger partial charge on any atom is -0.368 e. The number of hydrogen-bond donors (Lipinski definition) is 1. The van der Waals surface area contributed by atoms with Crippen LogP contribution in [0.15, 0.2) is 24.3 Å². The summed E-state index contributed by atoms with van der Waals surface area (Å²) in [5, 5.41) is 1.48. The van der Waals surface area contributed by atoms with E-state index in [1.807, 2.05) is 12.1 Å². The van der Waals surface area contributed by atoms with Crippen LogP contribution in [0.3, 0.4) is 0 Å². The van der Waals surface area contributed by atoms with Gasteiger partial charge in [-0.3, -0.25) is 4.90 Å². The lowest BCUT2D eigenvalue weighted by Gasteiger charge is -2.48. The SMILES string of the molecule is CC1SCCC1(CN)N1CCN(c2ccccc2Cl)CC1. The molecule has 3 nitrogen and oxygen atoms in total. The molecule has 1 aromatic carbocycles. The zero-order chi connectivity index (χ0) is 14.9. The number of halogens is 1. The Morgan fingerprint density at radius 3 is 2.57 bits per heavy atom. The molecule has 1 aromatic rings. The lowest BCUT2D eigenvalue weighted by molar-refractivity contribution is 0.0904. The monoisotopic (exact) mass is 325 g/mol. The average Bonchev–Trinajstić information content (AvgIpc) is 2.90. The molecule has 2 aliphatic rings. The van der Waals surface area contributed by atoms with Gasteiger partial charge in [-0.2, -0.15) is 11.8 Å². The number of nitrogens with zero attached hydrogens (tertiary/aromatic N) is 2. The molecule has 0 bridgehead atoms. The molecular weight excluding hydrogens is 302 g/mol. The summed E-state index contributed by atoms with van der Waals surface area (Å²) in [6.07, 6.45) is 1.22. The normalized spacial score (nSPS) is 30.8. The second-order valence-corrected chi connectivity index (χ2v) is 7.85. The van der Waals surface area contributed by atoms with Crippen LogP contribution in [-0.2, 0) is 0 Å². The standard InChI is InChI=1S/C16H24ClN3S/c1-13-16(12-18,6-11-21-13)20-9-7-19(8-10-20)15-5-3-2-4-14(15)17/h2-5,13H,6-12,18H2,1H3. The molecule has 0 amide bonds. The highest BCUT2D eigenvalue weighted by atomic mass is 35.5. The van der Waals surface area contributed by atoms with Gasteiger partial charge in [-0.05, 0) is 24.3 Å². The summed E-state index contributed by atoms with van der Waals surface area (Å²) in [5.74, 6) is 1.24. The van der Waals surface area contributed by atoms with Crippen molar-refractivity contribution in [1.82, 2.24) is 4.90 Å². The summed E-state index contributed by atoms with van der Waals surface area (Å²) < 4.78 is 0. The van der Waals surface area contributed by atoms with Crippen LogP contribution >= 0.6 is 23.4 Å². The maximum absolute atomic E-state index is 6.32. The quantitative estimate of drug-likeness (QED) is 0.926. The molecule has 5 heteroatoms. The summed E-state index contributed by atoms with van der Waals surface area (Å²) in [6, 6.07) is 8.14. The Morgan fingerprint density at radius 1 is 1.29 bits per heavy atom. The second-order valence-electron chi connectivity index (χ2n) is 6.00. The molecule has 21 heavy (non-hydrogen) atoms. The molecule has 2 heterocycles. The van der Waals surface area contributed by atoms with Crippen LogP contribution in [0.5, 0.6) is 0 Å². The highest BCUT2D eigenvalue weighted by Gasteiger charge is 2.45. The van der Waals surface area contributed by atoms with Crippen molar-refractivity contribution in [3.63, 3.8) is 0 Å². The predicted octanol–water partition coefficient (Wildman–Crippen LogP) is 2.68. The van der Waals surface area contributed by atoms with Gasteiger partial charge in [0.25, 0.3) is 0 Å². The van der Waals surface area contributed by atoms with E-state index in [2.05, 4.69) is 40.6 Å². The fraction of sp³-hybridized carbons (Fsp3) is 0.625. The molecule has 2 atom stereocenters. The van der Waals surface area contributed by atoms with Crippen LogP contribution in [0.1, 0.15) is 13.3 Å². The van der Waals surface area contributed by atoms with Gasteiger partial charge < -0.3 is 10.6 Å². The number of para-hydroxylation sites is 1. The topological polar surface area (TPSA) is 32.5 Å². The van der Waals surface area contributed by atoms with E-state index in [4.69, 9.17) is 17.3 Å². The van der Waals surface area contributed by atoms with Gasteiger partial charge in [0.15, 0.2) is 0 Å². The number of piperazine rings is 1. The largest absolute Gasteiger partial charge is 0.368 e. The Balaban J connectivity index is 1.69. The molecule has 0 spiro atoms. The maximum atomic E-state index is 6.32. The third-order valence-corrected chi connectivity index (χ3v) is 6.81. The molecule has 2 aliphatic heterocycles. The van der Waals surface area contributed by atoms with E-state index >= 15 is 0 Å². The molecule has 0 aromatic heterocycles. The van der Waals surface area contributed by atoms with Gasteiger partial charge in [0.05, 0.1) is 10.7 Å². The molecule has 3 rings (SSSR count). The first kappa shape index (κ1) is 15.5. The van der Waals surface area contributed by atoms with Crippen molar-refractivity contribution < 1.29 is 0 Å². The minimum atomic E-state index is 0.206. The van der Waals surface area contributed by atoms with Gasteiger partial charge in [-0.25, -0.2) is 0 Å². The molecule has 0 saturated carbocycles. The summed E-state index contributed by atoms with van der Waals surface area (Å²) in [4.78, 5) is 5.03. The van der Waals surface area contributed by atoms with E-state index in [9.17, 15) is 0 Å². The van der Waals surface area contributed by atoms with E-state index in [1.165, 1.54) is 12.2 Å². The molecule has 0 aliphatic carbocycles. The lowest BCUT2D eigenvalue weighted by Crippen LogP contribution is -2.62. The Hall–Kier alpha value is -0.420. The highest BCUT2D eigenvalue weighted by molar-refractivity contribution is 8.00. The van der Waals surface area contributed by atoms with Gasteiger partial charge in [0.2, 0.25) is 0 Å². The smallest absolute Gasteiger partial charge is 0.0639 e. The average molecular weight is 326 g/mol. The number of nitrogens with two attached hydrogens (primary N) is 1. The van der Waals surface area contributed by atoms with Crippen LogP contribution < -0.4 is 10.6 Å². The van der Waals surface area contributed by atoms with E-state index < -0.39 is 0 Å². The van der Waals surface area contributed by atoms with E-state index in [0.29, 0.717) is 5.25 Å². The maximum Gasteiger partial charge on any atom is 0.0639 e. The molecule has 2 fully saturated rings. The fourth-order valence-corrected chi connectivity index (χ4v) is 5.44. The predicted molar refractivity (Wildman–Crippen MR) is 93.6 cm³/mol. The van der Waals surface area contributed by atoms with Crippen molar-refractivity contribution in [3.05, 3.63) is 29.3 Å². The number of benzene rings is 1. The zero-order valence-electron chi connectivity index (χ0n) is 12.6. The number of rotatable bonds is 3. The number of hydrogen-bond acceptors (Lipinski definition) is 4. The molecule has 116 valence electrons. The van der Waals surface area contributed by atoms with Crippen LogP contribution in [0.25, 0.3) is 0 Å². The van der Waals surface area contributed by atoms with Gasteiger partial charge in [-0.1, -0.05) is 30.7 Å². The minimum absolute atomic E-state index is 0.206. The van der Waals surface area contributed by atoms with E-state index in [-0.39, 0.29) is 5.54 Å². The Labute approximate surface area is 136 Å². The number of anilines is 1. The molecule has 2 unspecified atom stereocenters. The van der Waals surface area contributed by atoms with Gasteiger partial charge in [0, 0.05) is 43.5 Å². The Bertz CT molecular complexity index is 490. The van der Waals surface area contributed by atoms with Crippen LogP contribution in [0.2, 0.25) is 5.02 Å². The van der Waals surface area contributed by atoms with Crippen molar-refractivity contribution in [2.45, 2.75) is 24.1 Å².